The highest BCUT2D eigenvalue weighted by Gasteiger charge is 2.32. The largest absolute Gasteiger partial charge is 0.345 e. The van der Waals surface area contributed by atoms with Gasteiger partial charge in [-0.05, 0) is 77.9 Å². The molecular weight excluding hydrogens is 975 g/mol. The van der Waals surface area contributed by atoms with Crippen molar-refractivity contribution < 1.29 is 34.4 Å². The number of piperazine rings is 2. The average molecular weight is 1010 g/mol. The molecule has 62 heavy (non-hydrogen) atoms. The number of sulfonamides is 2. The number of benzene rings is 4. The number of halogens is 8. The van der Waals surface area contributed by atoms with E-state index in [0.717, 1.165) is 57.0 Å². The molecule has 0 aliphatic carbocycles. The molecule has 328 valence electrons. The fourth-order valence-electron chi connectivity index (χ4n) is 6.71. The van der Waals surface area contributed by atoms with E-state index < -0.39 is 43.3 Å². The summed E-state index contributed by atoms with van der Waals surface area (Å²) in [5.41, 5.74) is 3.20. The Morgan fingerprint density at radius 2 is 0.984 bits per heavy atom. The lowest BCUT2D eigenvalue weighted by Crippen LogP contribution is -2.48. The van der Waals surface area contributed by atoms with Gasteiger partial charge >= 0.3 is 0 Å². The molecule has 0 saturated carbocycles. The minimum absolute atomic E-state index is 0.0755. The summed E-state index contributed by atoms with van der Waals surface area (Å²) in [6, 6.07) is 15.5. The molecule has 6 aromatic rings. The highest BCUT2D eigenvalue weighted by molar-refractivity contribution is 7.89. The van der Waals surface area contributed by atoms with Crippen molar-refractivity contribution in [3.63, 3.8) is 0 Å². The standard InChI is InChI=1S/2C20H17Cl2F2N3O2S2/c21-16-10-13(1-3-18(16)24)9-15-12-30-20(25-15)26-5-7-27(8-6-26)31(28,29)19-4-2-14(23)11-17(19)22;21-14-7-13(8-16(24)10-14)9-17-12-30-20(25-17)26-3-5-27(6-4-26)31(28,29)19-2-1-15(23)11-18(19)22/h1-4,10-12H,5-9H2;1-2,7-8,10-12H,3-6,9H2. The number of anilines is 2. The Kier molecular flexibility index (Phi) is 14.7. The van der Waals surface area contributed by atoms with E-state index >= 15 is 0 Å². The van der Waals surface area contributed by atoms with E-state index in [2.05, 4.69) is 9.97 Å². The van der Waals surface area contributed by atoms with E-state index in [9.17, 15) is 34.4 Å². The summed E-state index contributed by atoms with van der Waals surface area (Å²) >= 11 is 26.6. The molecule has 0 N–H and O–H groups in total. The summed E-state index contributed by atoms with van der Waals surface area (Å²) in [5, 5.41) is 5.53. The van der Waals surface area contributed by atoms with Crippen LogP contribution in [0, 0.1) is 23.3 Å². The molecule has 22 heteroatoms. The van der Waals surface area contributed by atoms with Crippen LogP contribution in [0.4, 0.5) is 27.8 Å². The Hall–Kier alpha value is -3.56. The second kappa shape index (κ2) is 19.7. The molecule has 2 aromatic heterocycles. The Balaban J connectivity index is 0.000000186. The minimum atomic E-state index is -3.82. The maximum absolute atomic E-state index is 13.5. The number of thiazole rings is 2. The van der Waals surface area contributed by atoms with E-state index in [1.54, 1.807) is 18.2 Å². The van der Waals surface area contributed by atoms with Gasteiger partial charge in [0.1, 0.15) is 33.1 Å². The molecule has 10 nitrogen and oxygen atoms in total. The van der Waals surface area contributed by atoms with E-state index in [1.807, 2.05) is 20.6 Å². The van der Waals surface area contributed by atoms with Crippen molar-refractivity contribution >= 4 is 99.4 Å². The van der Waals surface area contributed by atoms with Gasteiger partial charge in [0, 0.05) is 81.0 Å². The highest BCUT2D eigenvalue weighted by atomic mass is 35.5. The van der Waals surface area contributed by atoms with Gasteiger partial charge in [0.15, 0.2) is 10.3 Å². The molecule has 2 saturated heterocycles. The molecule has 2 aliphatic rings. The zero-order valence-electron chi connectivity index (χ0n) is 32.1. The van der Waals surface area contributed by atoms with Gasteiger partial charge in [0.05, 0.1) is 26.5 Å². The molecule has 4 aromatic carbocycles. The van der Waals surface area contributed by atoms with E-state index in [0.29, 0.717) is 44.0 Å². The molecule has 0 spiro atoms. The topological polar surface area (TPSA) is 107 Å². The van der Waals surface area contributed by atoms with Gasteiger partial charge in [-0.3, -0.25) is 0 Å². The molecule has 4 heterocycles. The van der Waals surface area contributed by atoms with Gasteiger partial charge in [0.2, 0.25) is 20.0 Å². The molecule has 2 aliphatic heterocycles. The van der Waals surface area contributed by atoms with Crippen molar-refractivity contribution in [2.45, 2.75) is 22.6 Å². The van der Waals surface area contributed by atoms with Crippen LogP contribution in [-0.2, 0) is 32.9 Å². The molecule has 0 unspecified atom stereocenters. The molecule has 2 fully saturated rings. The maximum atomic E-state index is 13.5. The van der Waals surface area contributed by atoms with Gasteiger partial charge in [-0.25, -0.2) is 44.4 Å². The molecule has 0 amide bonds. The molecule has 0 radical (unpaired) electrons. The predicted molar refractivity (Wildman–Crippen MR) is 237 cm³/mol. The number of hydrogen-bond donors (Lipinski definition) is 0. The predicted octanol–water partition coefficient (Wildman–Crippen LogP) is 9.66. The van der Waals surface area contributed by atoms with Crippen molar-refractivity contribution in [1.29, 1.82) is 0 Å². The van der Waals surface area contributed by atoms with Crippen molar-refractivity contribution in [2.24, 2.45) is 0 Å². The SMILES string of the molecule is O=S(=O)(c1ccc(F)cc1Cl)N1CCN(c2nc(Cc3cc(F)cc(Cl)c3)cs2)CC1.O=S(=O)(c1ccc(F)cc1Cl)N1CCN(c2nc(Cc3ccc(F)c(Cl)c3)cs2)CC1. The smallest absolute Gasteiger partial charge is 0.244 e. The monoisotopic (exact) mass is 1010 g/mol. The summed E-state index contributed by atoms with van der Waals surface area (Å²) in [7, 11) is -7.63. The lowest BCUT2D eigenvalue weighted by Gasteiger charge is -2.33. The average Bonchev–Trinajstić information content (AvgIpc) is 3.89. The number of hydrogen-bond acceptors (Lipinski definition) is 10. The third-order valence-corrected chi connectivity index (χ3v) is 17.0. The van der Waals surface area contributed by atoms with Crippen molar-refractivity contribution in [2.75, 3.05) is 62.2 Å². The normalized spacial score (nSPS) is 15.4. The molecule has 0 bridgehead atoms. The Labute approximate surface area is 384 Å². The number of nitrogens with zero attached hydrogens (tertiary/aromatic N) is 6. The summed E-state index contributed by atoms with van der Waals surface area (Å²) in [4.78, 5) is 13.1. The van der Waals surface area contributed by atoms with Gasteiger partial charge < -0.3 is 9.80 Å². The number of aromatic nitrogens is 2. The molecule has 8 rings (SSSR count). The first-order valence-electron chi connectivity index (χ1n) is 18.6. The zero-order chi connectivity index (χ0) is 44.3. The van der Waals surface area contributed by atoms with Crippen LogP contribution in [0.3, 0.4) is 0 Å². The second-order valence-electron chi connectivity index (χ2n) is 14.1. The summed E-state index contributed by atoms with van der Waals surface area (Å²) in [6.07, 6.45) is 0.972. The molecule has 0 atom stereocenters. The lowest BCUT2D eigenvalue weighted by molar-refractivity contribution is 0.384. The zero-order valence-corrected chi connectivity index (χ0v) is 38.4. The summed E-state index contributed by atoms with van der Waals surface area (Å²) in [6.45, 7) is 2.88. The van der Waals surface area contributed by atoms with E-state index in [-0.39, 0.29) is 51.0 Å². The Morgan fingerprint density at radius 3 is 1.42 bits per heavy atom. The van der Waals surface area contributed by atoms with Crippen molar-refractivity contribution in [3.05, 3.63) is 149 Å². The summed E-state index contributed by atoms with van der Waals surface area (Å²) in [5.74, 6) is -2.03. The maximum Gasteiger partial charge on any atom is 0.244 e. The first-order valence-corrected chi connectivity index (χ1v) is 24.8. The van der Waals surface area contributed by atoms with Gasteiger partial charge in [-0.1, -0.05) is 52.5 Å². The van der Waals surface area contributed by atoms with Crippen LogP contribution in [0.2, 0.25) is 20.1 Å². The van der Waals surface area contributed by atoms with Crippen LogP contribution in [0.5, 0.6) is 0 Å². The third-order valence-electron chi connectivity index (χ3n) is 9.80. The first kappa shape index (κ1) is 46.4. The van der Waals surface area contributed by atoms with Crippen LogP contribution >= 0.6 is 69.1 Å². The molecular formula is C40H34Cl4F4N6O4S4. The van der Waals surface area contributed by atoms with E-state index in [4.69, 9.17) is 46.4 Å². The minimum Gasteiger partial charge on any atom is -0.345 e. The Morgan fingerprint density at radius 1 is 0.516 bits per heavy atom. The Bertz CT molecular complexity index is 2780. The van der Waals surface area contributed by atoms with Crippen LogP contribution in [-0.4, -0.2) is 87.8 Å². The lowest BCUT2D eigenvalue weighted by atomic mass is 10.1. The van der Waals surface area contributed by atoms with Crippen LogP contribution in [0.25, 0.3) is 0 Å². The number of rotatable bonds is 10. The fourth-order valence-corrected chi connectivity index (χ4v) is 12.8. The van der Waals surface area contributed by atoms with Gasteiger partial charge in [-0.15, -0.1) is 22.7 Å². The van der Waals surface area contributed by atoms with Crippen LogP contribution < -0.4 is 9.80 Å². The second-order valence-corrected chi connectivity index (χ2v) is 21.2. The fraction of sp³-hybridized carbons (Fsp3) is 0.250. The van der Waals surface area contributed by atoms with Crippen molar-refractivity contribution in [3.8, 4) is 0 Å². The third kappa shape index (κ3) is 11.0. The summed E-state index contributed by atoms with van der Waals surface area (Å²) < 4.78 is 108. The first-order chi connectivity index (χ1) is 29.5. The van der Waals surface area contributed by atoms with Crippen LogP contribution in [0.15, 0.2) is 93.3 Å². The highest BCUT2D eigenvalue weighted by Crippen LogP contribution is 2.31. The van der Waals surface area contributed by atoms with E-state index in [1.165, 1.54) is 61.6 Å². The van der Waals surface area contributed by atoms with Crippen LogP contribution in [0.1, 0.15) is 22.5 Å². The van der Waals surface area contributed by atoms with Gasteiger partial charge in [0.25, 0.3) is 0 Å². The van der Waals surface area contributed by atoms with Gasteiger partial charge in [-0.2, -0.15) is 8.61 Å². The quantitative estimate of drug-likeness (QED) is 0.125. The van der Waals surface area contributed by atoms with Crippen molar-refractivity contribution in [1.82, 2.24) is 18.6 Å².